The molecule has 4 spiro atoms. The minimum absolute atomic E-state index is 0.0142. The van der Waals surface area contributed by atoms with Gasteiger partial charge in [0.1, 0.15) is 45.4 Å². The molecular formula is C98H110ClF9N28O8. The number of hydrogen-bond donors (Lipinski definition) is 6. The Morgan fingerprint density at radius 1 is 0.375 bits per heavy atom. The van der Waals surface area contributed by atoms with Crippen molar-refractivity contribution in [3.8, 4) is 22.7 Å². The average molecular weight is 2020 g/mol. The molecule has 8 aliphatic heterocycles. The predicted molar refractivity (Wildman–Crippen MR) is 517 cm³/mol. The Morgan fingerprint density at radius 3 is 0.889 bits per heavy atom. The first-order valence-corrected chi connectivity index (χ1v) is 47.1. The standard InChI is InChI=1S/C26H30F3N7O2.C25H28F3N7O2.C24H26F3N7O2.C23H26ClN7O2/c1-5-35-24(37)36(22(16(2)3)25(35)13-38-14-25)21-10-11-30-23(33-21)32-17(4)20-12-34(15-31-20)19-8-6-18(7-9-19)26(27,28)29;1-15(2)21-24(12-37-13-24)33(4)23(36)35(21)20-9-10-29-22(32-20)31-16(3)19-11-34(14-30-19)18-7-5-17(6-8-18)25(26,27)28;1-14(2)20-23(11-36-12-23)32-22(35)34(20)19-8-9-28-21(31-19)30-15(3)18-10-33(13-29-18)17-6-4-16(5-7-17)24(25,26)27;1-14(2)20-23(11-33-12-23)29-22(32)31(20)19-8-9-25-21(28-19)27-15(3)18-10-30(13-26-18)17-6-4-16(24)5-7-17/h6-12,15-17,22H,5,13-14H2,1-4H3,(H,30,32,33);5-11,14-16,21H,12-13H2,1-4H3,(H,29,31,32);4-10,13-15,20H,11-12H2,1-3H3,(H,32,35)(H,28,30,31);4-10,13-15,20H,11-12H2,1-3H3,(H,29,32)(H,25,27,28)/t17-,22-;16-,21-;2*15-,20-/m0000/s1/i5D2;;;. The summed E-state index contributed by atoms with van der Waals surface area (Å²) >= 11 is 5.98. The molecule has 144 heavy (non-hydrogen) atoms. The lowest BCUT2D eigenvalue weighted by molar-refractivity contribution is -0.138. The summed E-state index contributed by atoms with van der Waals surface area (Å²) in [4.78, 5) is 116. The molecule has 12 aromatic rings. The summed E-state index contributed by atoms with van der Waals surface area (Å²) < 4.78 is 161. The third kappa shape index (κ3) is 20.1. The van der Waals surface area contributed by atoms with E-state index in [-0.39, 0.29) is 120 Å². The first-order valence-electron chi connectivity index (χ1n) is 47.7. The Kier molecular flexibility index (Phi) is 27.5. The highest BCUT2D eigenvalue weighted by molar-refractivity contribution is 6.30. The summed E-state index contributed by atoms with van der Waals surface area (Å²) in [5.74, 6) is 3.77. The van der Waals surface area contributed by atoms with Crippen LogP contribution in [0.25, 0.3) is 22.7 Å². The number of nitrogens with one attached hydrogen (secondary N) is 6. The van der Waals surface area contributed by atoms with Crippen LogP contribution in [0.5, 0.6) is 0 Å². The van der Waals surface area contributed by atoms with Crippen LogP contribution in [0.4, 0.5) is 106 Å². The molecule has 8 aliphatic rings. The van der Waals surface area contributed by atoms with Gasteiger partial charge in [-0.15, -0.1) is 0 Å². The van der Waals surface area contributed by atoms with Gasteiger partial charge in [0.25, 0.3) is 0 Å². The van der Waals surface area contributed by atoms with E-state index in [1.807, 2.05) is 76.6 Å². The lowest BCUT2D eigenvalue weighted by Crippen LogP contribution is -2.66. The Labute approximate surface area is 831 Å². The summed E-state index contributed by atoms with van der Waals surface area (Å²) in [5.41, 5.74) is 1.25. The van der Waals surface area contributed by atoms with Gasteiger partial charge in [-0.1, -0.05) is 67.0 Å². The molecule has 0 unspecified atom stereocenters. The van der Waals surface area contributed by atoms with Crippen molar-refractivity contribution in [1.82, 2.24) is 98.5 Å². The topological polar surface area (TPSA) is 371 Å². The number of alkyl halides is 9. The molecule has 46 heteroatoms. The van der Waals surface area contributed by atoms with Crippen molar-refractivity contribution in [2.75, 3.05) is 107 Å². The fourth-order valence-electron chi connectivity index (χ4n) is 19.7. The number of aromatic nitrogens is 16. The highest BCUT2D eigenvalue weighted by atomic mass is 35.5. The molecule has 6 N–H and O–H groups in total. The Morgan fingerprint density at radius 2 is 0.639 bits per heavy atom. The van der Waals surface area contributed by atoms with Crippen molar-refractivity contribution >= 4 is 82.8 Å². The number of benzene rings is 4. The monoisotopic (exact) mass is 2010 g/mol. The first-order chi connectivity index (χ1) is 69.2. The van der Waals surface area contributed by atoms with Crippen LogP contribution in [0.2, 0.25) is 5.02 Å². The zero-order valence-electron chi connectivity index (χ0n) is 82.9. The summed E-state index contributed by atoms with van der Waals surface area (Å²) in [6.45, 7) is 26.9. The lowest BCUT2D eigenvalue weighted by Gasteiger charge is -2.48. The van der Waals surface area contributed by atoms with Crippen LogP contribution in [0.15, 0.2) is 196 Å². The van der Waals surface area contributed by atoms with Crippen LogP contribution in [0, 0.1) is 23.7 Å². The van der Waals surface area contributed by atoms with Gasteiger partial charge in [0.05, 0.1) is 166 Å². The van der Waals surface area contributed by atoms with E-state index in [4.69, 9.17) is 33.3 Å². The van der Waals surface area contributed by atoms with E-state index in [9.17, 15) is 58.7 Å². The van der Waals surface area contributed by atoms with Gasteiger partial charge >= 0.3 is 42.7 Å². The van der Waals surface area contributed by atoms with E-state index in [0.29, 0.717) is 120 Å². The van der Waals surface area contributed by atoms with Crippen LogP contribution in [0.1, 0.15) is 156 Å². The highest BCUT2D eigenvalue weighted by Crippen LogP contribution is 2.48. The quantitative estimate of drug-likeness (QED) is 0.0289. The van der Waals surface area contributed by atoms with E-state index >= 15 is 0 Å². The van der Waals surface area contributed by atoms with Gasteiger partial charge in [0.15, 0.2) is 0 Å². The second-order valence-electron chi connectivity index (χ2n) is 38.1. The number of carbonyl (C=O) groups is 4. The van der Waals surface area contributed by atoms with Crippen LogP contribution < -0.4 is 51.5 Å². The molecule has 760 valence electrons. The van der Waals surface area contributed by atoms with Crippen molar-refractivity contribution in [2.45, 2.75) is 179 Å². The third-order valence-electron chi connectivity index (χ3n) is 26.8. The van der Waals surface area contributed by atoms with E-state index in [2.05, 4.69) is 133 Å². The molecular weight excluding hydrogens is 1900 g/mol. The maximum Gasteiger partial charge on any atom is 0.416 e. The normalized spacial score (nSPS) is 20.2. The fourth-order valence-corrected chi connectivity index (χ4v) is 19.9. The van der Waals surface area contributed by atoms with Crippen molar-refractivity contribution in [3.05, 3.63) is 241 Å². The molecule has 8 aromatic heterocycles. The van der Waals surface area contributed by atoms with Crippen molar-refractivity contribution in [2.24, 2.45) is 23.7 Å². The molecule has 16 heterocycles. The molecule has 4 aromatic carbocycles. The largest absolute Gasteiger partial charge is 0.416 e. The molecule has 8 atom stereocenters. The number of rotatable bonds is 25. The van der Waals surface area contributed by atoms with Crippen LogP contribution in [0.3, 0.4) is 0 Å². The summed E-state index contributed by atoms with van der Waals surface area (Å²) in [7, 11) is 1.80. The van der Waals surface area contributed by atoms with Gasteiger partial charge in [-0.25, -0.2) is 59.0 Å². The molecule has 20 rings (SSSR count). The Hall–Kier alpha value is -14.2. The molecule has 0 bridgehead atoms. The van der Waals surface area contributed by atoms with Gasteiger partial charge in [-0.2, -0.15) is 59.4 Å². The Bertz CT molecular complexity index is 6680. The van der Waals surface area contributed by atoms with Crippen molar-refractivity contribution < 1.29 is 80.4 Å². The number of halogens is 10. The maximum absolute atomic E-state index is 13.6. The number of ether oxygens (including phenoxy) is 4. The second-order valence-corrected chi connectivity index (χ2v) is 38.6. The summed E-state index contributed by atoms with van der Waals surface area (Å²) in [6.07, 6.45) is 6.66. The molecule has 8 fully saturated rings. The van der Waals surface area contributed by atoms with Crippen LogP contribution in [-0.2, 0) is 37.5 Å². The smallest absolute Gasteiger partial charge is 0.376 e. The molecule has 36 nitrogen and oxygen atoms in total. The summed E-state index contributed by atoms with van der Waals surface area (Å²) in [5, 5.41) is 19.7. The van der Waals surface area contributed by atoms with E-state index in [0.717, 1.165) is 47.8 Å². The number of hydrogen-bond acceptors (Lipinski definition) is 24. The number of carbonyl (C=O) groups excluding carboxylic acids is 4. The molecule has 0 radical (unpaired) electrons. The van der Waals surface area contributed by atoms with Crippen molar-refractivity contribution in [3.63, 3.8) is 0 Å². The van der Waals surface area contributed by atoms with Crippen LogP contribution in [-0.4, -0.2) is 225 Å². The number of nitrogens with zero attached hydrogens (tertiary/aromatic N) is 22. The maximum atomic E-state index is 13.6. The minimum atomic E-state index is -4.41. The minimum Gasteiger partial charge on any atom is -0.376 e. The molecule has 8 saturated heterocycles. The zero-order chi connectivity index (χ0) is 104. The molecule has 8 amide bonds. The predicted octanol–water partition coefficient (Wildman–Crippen LogP) is 17.4. The molecule has 0 saturated carbocycles. The Balaban J connectivity index is 0.000000133. The van der Waals surface area contributed by atoms with E-state index in [1.54, 1.807) is 114 Å². The number of imidazole rings is 4. The van der Waals surface area contributed by atoms with E-state index < -0.39 is 58.8 Å². The third-order valence-corrected chi connectivity index (χ3v) is 27.1. The van der Waals surface area contributed by atoms with Gasteiger partial charge in [-0.05, 0) is 180 Å². The first kappa shape index (κ1) is 98.6. The van der Waals surface area contributed by atoms with Gasteiger partial charge in [0, 0.05) is 93.6 Å². The van der Waals surface area contributed by atoms with Gasteiger partial charge < -0.3 is 78.9 Å². The fraction of sp³-hybridized carbons (Fsp3) is 0.429. The SMILES string of the molecule is CC(C)[C@@H]1N(c2ccnc(N[C@@H](C)c3cn(-c4ccc(C(F)(F)F)cc4)cn3)n2)C(=O)N(C)C12COC2.CC(C)[C@@H]1N(c2ccnc(N[C@@H](C)c3cn(-c4ccc(C(F)(F)F)cc4)cn3)n2)C(=O)NC12COC2.CC(C)[C@@H]1N(c2ccnc(N[C@@H](C)c3cn(-c4ccc(Cl)cc4)cn3)n2)C(=O)NC12COC2.[2H]C([2H])(C)N1C(=O)N(c2ccnc(N[C@@H](C)c3cn(-c4ccc(C(F)(F)F)cc4)cn3)n2)[C@@H](C(C)C)C12COC2. The number of urea groups is 4. The average Bonchev–Trinajstić information content (AvgIpc) is 1.53. The number of anilines is 8. The lowest BCUT2D eigenvalue weighted by atomic mass is 9.81. The van der Waals surface area contributed by atoms with Crippen molar-refractivity contribution in [1.29, 1.82) is 0 Å². The zero-order valence-corrected chi connectivity index (χ0v) is 81.7. The number of likely N-dealkylation sites (N-methyl/N-ethyl adjacent to an activating group) is 2. The van der Waals surface area contributed by atoms with Gasteiger partial charge in [0.2, 0.25) is 23.8 Å². The van der Waals surface area contributed by atoms with Gasteiger partial charge in [-0.3, -0.25) is 19.6 Å². The second kappa shape index (κ2) is 40.2. The van der Waals surface area contributed by atoms with E-state index in [1.165, 1.54) is 72.0 Å². The summed E-state index contributed by atoms with van der Waals surface area (Å²) in [6, 6.07) is 26.1. The number of amides is 8. The van der Waals surface area contributed by atoms with Crippen LogP contribution >= 0.6 is 11.6 Å². The highest BCUT2D eigenvalue weighted by Gasteiger charge is 2.65. The molecule has 0 aliphatic carbocycles.